The van der Waals surface area contributed by atoms with E-state index in [4.69, 9.17) is 11.6 Å². The molecule has 2 aromatic heterocycles. The molecule has 1 N–H and O–H groups in total. The highest BCUT2D eigenvalue weighted by molar-refractivity contribution is 6.30. The van der Waals surface area contributed by atoms with Gasteiger partial charge in [-0.05, 0) is 43.3 Å². The minimum atomic E-state index is 0.127. The van der Waals surface area contributed by atoms with E-state index in [0.29, 0.717) is 30.4 Å². The molecule has 1 aromatic carbocycles. The molecule has 6 nitrogen and oxygen atoms in total. The lowest BCUT2D eigenvalue weighted by atomic mass is 10.1. The summed E-state index contributed by atoms with van der Waals surface area (Å²) in [5.41, 5.74) is 2.47. The molecule has 0 saturated carbocycles. The largest absolute Gasteiger partial charge is 0.370 e. The summed E-state index contributed by atoms with van der Waals surface area (Å²) in [6.45, 7) is 3.19. The van der Waals surface area contributed by atoms with Crippen LogP contribution in [0.1, 0.15) is 12.2 Å². The number of benzene rings is 1. The SMILES string of the molecule is Cc1nc(NCC2CC(=O)N(c3ccc(Cl)cc3)C2)cc(-c2ccccn2)n1. The van der Waals surface area contributed by atoms with Crippen LogP contribution in [0, 0.1) is 12.8 Å². The highest BCUT2D eigenvalue weighted by atomic mass is 35.5. The van der Waals surface area contributed by atoms with Gasteiger partial charge in [-0.1, -0.05) is 17.7 Å². The van der Waals surface area contributed by atoms with Gasteiger partial charge in [-0.3, -0.25) is 9.78 Å². The highest BCUT2D eigenvalue weighted by Gasteiger charge is 2.30. The third-order valence-corrected chi connectivity index (χ3v) is 4.93. The molecule has 1 fully saturated rings. The Morgan fingerprint density at radius 3 is 2.71 bits per heavy atom. The summed E-state index contributed by atoms with van der Waals surface area (Å²) in [6.07, 6.45) is 2.25. The van der Waals surface area contributed by atoms with Crippen LogP contribution in [-0.2, 0) is 4.79 Å². The molecule has 1 saturated heterocycles. The van der Waals surface area contributed by atoms with E-state index in [1.54, 1.807) is 18.3 Å². The van der Waals surface area contributed by atoms with Gasteiger partial charge in [-0.25, -0.2) is 9.97 Å². The van der Waals surface area contributed by atoms with Gasteiger partial charge in [0.15, 0.2) is 0 Å². The Kier molecular flexibility index (Phi) is 5.21. The molecule has 7 heteroatoms. The molecular weight excluding hydrogens is 374 g/mol. The Labute approximate surface area is 168 Å². The molecular formula is C21H20ClN5O. The van der Waals surface area contributed by atoms with Crippen molar-refractivity contribution in [2.24, 2.45) is 5.92 Å². The number of carbonyl (C=O) groups excluding carboxylic acids is 1. The molecule has 0 radical (unpaired) electrons. The number of pyridine rings is 1. The fourth-order valence-corrected chi connectivity index (χ4v) is 3.47. The molecule has 1 aliphatic heterocycles. The number of nitrogens with zero attached hydrogens (tertiary/aromatic N) is 4. The van der Waals surface area contributed by atoms with Crippen LogP contribution in [0.4, 0.5) is 11.5 Å². The van der Waals surface area contributed by atoms with Crippen LogP contribution in [0.2, 0.25) is 5.02 Å². The standard InChI is InChI=1S/C21H20ClN5O/c1-14-25-19(18-4-2-3-9-23-18)11-20(26-14)24-12-15-10-21(28)27(13-15)17-7-5-16(22)6-8-17/h2-9,11,15H,10,12-13H2,1H3,(H,24,25,26). The Morgan fingerprint density at radius 2 is 1.96 bits per heavy atom. The quantitative estimate of drug-likeness (QED) is 0.710. The number of amides is 1. The van der Waals surface area contributed by atoms with Crippen LogP contribution in [0.15, 0.2) is 54.7 Å². The summed E-state index contributed by atoms with van der Waals surface area (Å²) in [5, 5.41) is 4.02. The van der Waals surface area contributed by atoms with Crippen LogP contribution in [0.25, 0.3) is 11.4 Å². The number of hydrogen-bond donors (Lipinski definition) is 1. The average molecular weight is 394 g/mol. The van der Waals surface area contributed by atoms with Crippen LogP contribution in [-0.4, -0.2) is 33.9 Å². The number of rotatable bonds is 5. The van der Waals surface area contributed by atoms with Crippen molar-refractivity contribution in [2.45, 2.75) is 13.3 Å². The lowest BCUT2D eigenvalue weighted by Crippen LogP contribution is -2.25. The summed E-state index contributed by atoms with van der Waals surface area (Å²) >= 11 is 5.94. The van der Waals surface area contributed by atoms with E-state index in [0.717, 1.165) is 22.9 Å². The molecule has 3 heterocycles. The van der Waals surface area contributed by atoms with Crippen molar-refractivity contribution in [3.05, 3.63) is 65.6 Å². The number of halogens is 1. The Morgan fingerprint density at radius 1 is 1.14 bits per heavy atom. The average Bonchev–Trinajstić information content (AvgIpc) is 3.08. The minimum Gasteiger partial charge on any atom is -0.370 e. The second kappa shape index (κ2) is 7.94. The summed E-state index contributed by atoms with van der Waals surface area (Å²) in [7, 11) is 0. The third-order valence-electron chi connectivity index (χ3n) is 4.68. The monoisotopic (exact) mass is 393 g/mol. The van der Waals surface area contributed by atoms with Crippen molar-refractivity contribution in [2.75, 3.05) is 23.3 Å². The van der Waals surface area contributed by atoms with Gasteiger partial charge in [0.25, 0.3) is 0 Å². The lowest BCUT2D eigenvalue weighted by molar-refractivity contribution is -0.117. The maximum absolute atomic E-state index is 12.4. The van der Waals surface area contributed by atoms with Crippen molar-refractivity contribution in [3.8, 4) is 11.4 Å². The summed E-state index contributed by atoms with van der Waals surface area (Å²) in [6, 6.07) is 15.0. The fourth-order valence-electron chi connectivity index (χ4n) is 3.34. The molecule has 0 aliphatic carbocycles. The molecule has 142 valence electrons. The van der Waals surface area contributed by atoms with E-state index >= 15 is 0 Å². The maximum Gasteiger partial charge on any atom is 0.227 e. The molecule has 1 atom stereocenters. The zero-order valence-electron chi connectivity index (χ0n) is 15.5. The molecule has 1 aliphatic rings. The Bertz CT molecular complexity index is 978. The van der Waals surface area contributed by atoms with Gasteiger partial charge in [-0.2, -0.15) is 0 Å². The Balaban J connectivity index is 1.43. The zero-order valence-corrected chi connectivity index (χ0v) is 16.2. The predicted molar refractivity (Wildman–Crippen MR) is 110 cm³/mol. The third kappa shape index (κ3) is 4.12. The van der Waals surface area contributed by atoms with E-state index in [1.807, 2.05) is 48.2 Å². The summed E-state index contributed by atoms with van der Waals surface area (Å²) < 4.78 is 0. The van der Waals surface area contributed by atoms with E-state index in [9.17, 15) is 4.79 Å². The van der Waals surface area contributed by atoms with Gasteiger partial charge in [0.2, 0.25) is 5.91 Å². The van der Waals surface area contributed by atoms with Gasteiger partial charge >= 0.3 is 0 Å². The normalized spacial score (nSPS) is 16.4. The minimum absolute atomic E-state index is 0.127. The first kappa shape index (κ1) is 18.4. The molecule has 28 heavy (non-hydrogen) atoms. The van der Waals surface area contributed by atoms with Crippen LogP contribution in [0.3, 0.4) is 0 Å². The van der Waals surface area contributed by atoms with Gasteiger partial charge < -0.3 is 10.2 Å². The predicted octanol–water partition coefficient (Wildman–Crippen LogP) is 3.97. The smallest absolute Gasteiger partial charge is 0.227 e. The van der Waals surface area contributed by atoms with Gasteiger partial charge in [-0.15, -0.1) is 0 Å². The fraction of sp³-hybridized carbons (Fsp3) is 0.238. The van der Waals surface area contributed by atoms with E-state index in [1.165, 1.54) is 0 Å². The first-order valence-corrected chi connectivity index (χ1v) is 9.53. The van der Waals surface area contributed by atoms with Crippen molar-refractivity contribution < 1.29 is 4.79 Å². The first-order valence-electron chi connectivity index (χ1n) is 9.15. The maximum atomic E-state index is 12.4. The number of aromatic nitrogens is 3. The van der Waals surface area contributed by atoms with E-state index in [-0.39, 0.29) is 11.8 Å². The van der Waals surface area contributed by atoms with Crippen molar-refractivity contribution in [1.82, 2.24) is 15.0 Å². The second-order valence-electron chi connectivity index (χ2n) is 6.83. The number of aryl methyl sites for hydroxylation is 1. The van der Waals surface area contributed by atoms with E-state index in [2.05, 4.69) is 20.3 Å². The van der Waals surface area contributed by atoms with E-state index < -0.39 is 0 Å². The lowest BCUT2D eigenvalue weighted by Gasteiger charge is -2.17. The molecule has 3 aromatic rings. The van der Waals surface area contributed by atoms with Crippen LogP contribution >= 0.6 is 11.6 Å². The zero-order chi connectivity index (χ0) is 19.5. The second-order valence-corrected chi connectivity index (χ2v) is 7.27. The van der Waals surface area contributed by atoms with Gasteiger partial charge in [0.05, 0.1) is 11.4 Å². The molecule has 1 unspecified atom stereocenters. The van der Waals surface area contributed by atoms with Crippen molar-refractivity contribution in [1.29, 1.82) is 0 Å². The molecule has 1 amide bonds. The van der Waals surface area contributed by atoms with Crippen molar-refractivity contribution >= 4 is 29.0 Å². The van der Waals surface area contributed by atoms with Crippen molar-refractivity contribution in [3.63, 3.8) is 0 Å². The summed E-state index contributed by atoms with van der Waals surface area (Å²) in [4.78, 5) is 27.5. The van der Waals surface area contributed by atoms with Crippen LogP contribution in [0.5, 0.6) is 0 Å². The number of carbonyl (C=O) groups is 1. The number of anilines is 2. The molecule has 4 rings (SSSR count). The Hall–Kier alpha value is -2.99. The topological polar surface area (TPSA) is 71.0 Å². The van der Waals surface area contributed by atoms with Crippen LogP contribution < -0.4 is 10.2 Å². The summed E-state index contributed by atoms with van der Waals surface area (Å²) in [5.74, 6) is 1.75. The number of nitrogens with one attached hydrogen (secondary N) is 1. The molecule has 0 spiro atoms. The highest BCUT2D eigenvalue weighted by Crippen LogP contribution is 2.26. The molecule has 0 bridgehead atoms. The number of hydrogen-bond acceptors (Lipinski definition) is 5. The van der Waals surface area contributed by atoms with Gasteiger partial charge in [0, 0.05) is 48.4 Å². The first-order chi connectivity index (χ1) is 13.6. The van der Waals surface area contributed by atoms with Gasteiger partial charge in [0.1, 0.15) is 11.6 Å².